The molecule has 1 fully saturated rings. The molecular weight excluding hydrogens is 244 g/mol. The minimum atomic E-state index is -0.450. The number of nitrogens with one attached hydrogen (secondary N) is 3. The summed E-state index contributed by atoms with van der Waals surface area (Å²) in [6.45, 7) is 7.31. The van der Waals surface area contributed by atoms with Crippen molar-refractivity contribution in [3.63, 3.8) is 0 Å². The molecular formula is C13H26N4O2. The van der Waals surface area contributed by atoms with Crippen LogP contribution in [-0.2, 0) is 4.79 Å². The van der Waals surface area contributed by atoms with E-state index in [4.69, 9.17) is 0 Å². The van der Waals surface area contributed by atoms with E-state index in [0.29, 0.717) is 12.0 Å². The average molecular weight is 270 g/mol. The van der Waals surface area contributed by atoms with Gasteiger partial charge in [-0.15, -0.1) is 0 Å². The fraction of sp³-hybridized carbons (Fsp3) is 0.846. The summed E-state index contributed by atoms with van der Waals surface area (Å²) in [5.74, 6) is 0.243. The number of nitrogens with zero attached hydrogens (tertiary/aromatic N) is 1. The van der Waals surface area contributed by atoms with Crippen LogP contribution >= 0.6 is 0 Å². The smallest absolute Gasteiger partial charge is 0.321 e. The third kappa shape index (κ3) is 6.54. The van der Waals surface area contributed by atoms with Gasteiger partial charge < -0.3 is 10.6 Å². The summed E-state index contributed by atoms with van der Waals surface area (Å²) in [5, 5.41) is 8.12. The van der Waals surface area contributed by atoms with Crippen molar-refractivity contribution in [2.24, 2.45) is 5.92 Å². The lowest BCUT2D eigenvalue weighted by atomic mass is 10.1. The standard InChI is InChI=1S/C13H26N4O2/c1-10(2)7-17(8-11-5-4-6-15-11)9-12(18)16-13(19)14-3/h10-11,15H,4-9H2,1-3H3,(H2,14,16,18,19). The molecule has 1 unspecified atom stereocenters. The number of rotatable bonds is 6. The molecule has 1 aliphatic heterocycles. The zero-order valence-electron chi connectivity index (χ0n) is 12.2. The molecule has 6 heteroatoms. The quantitative estimate of drug-likeness (QED) is 0.642. The second kappa shape index (κ2) is 8.12. The molecule has 0 radical (unpaired) electrons. The monoisotopic (exact) mass is 270 g/mol. The molecule has 0 aromatic carbocycles. The SMILES string of the molecule is CNC(=O)NC(=O)CN(CC(C)C)CC1CCCN1. The van der Waals surface area contributed by atoms with Gasteiger partial charge >= 0.3 is 6.03 Å². The fourth-order valence-electron chi connectivity index (χ4n) is 2.38. The second-order valence-corrected chi connectivity index (χ2v) is 5.51. The number of urea groups is 1. The third-order valence-electron chi connectivity index (χ3n) is 3.11. The Balaban J connectivity index is 2.43. The van der Waals surface area contributed by atoms with Crippen LogP contribution in [0.1, 0.15) is 26.7 Å². The summed E-state index contributed by atoms with van der Waals surface area (Å²) in [4.78, 5) is 25.0. The van der Waals surface area contributed by atoms with E-state index < -0.39 is 6.03 Å². The molecule has 0 saturated carbocycles. The highest BCUT2D eigenvalue weighted by molar-refractivity contribution is 5.95. The predicted molar refractivity (Wildman–Crippen MR) is 74.9 cm³/mol. The van der Waals surface area contributed by atoms with Crippen LogP contribution in [0.5, 0.6) is 0 Å². The Morgan fingerprint density at radius 1 is 1.42 bits per heavy atom. The van der Waals surface area contributed by atoms with Gasteiger partial charge in [-0.2, -0.15) is 0 Å². The topological polar surface area (TPSA) is 73.5 Å². The Hall–Kier alpha value is -1.14. The maximum absolute atomic E-state index is 11.7. The van der Waals surface area contributed by atoms with Crippen molar-refractivity contribution < 1.29 is 9.59 Å². The van der Waals surface area contributed by atoms with E-state index in [0.717, 1.165) is 26.1 Å². The molecule has 1 atom stereocenters. The first kappa shape index (κ1) is 15.9. The lowest BCUT2D eigenvalue weighted by Gasteiger charge is -2.26. The van der Waals surface area contributed by atoms with Gasteiger partial charge in [0.15, 0.2) is 0 Å². The molecule has 110 valence electrons. The Kier molecular flexibility index (Phi) is 6.80. The van der Waals surface area contributed by atoms with E-state index in [2.05, 4.69) is 34.7 Å². The lowest BCUT2D eigenvalue weighted by Crippen LogP contribution is -2.47. The Morgan fingerprint density at radius 2 is 2.16 bits per heavy atom. The summed E-state index contributed by atoms with van der Waals surface area (Å²) < 4.78 is 0. The first-order valence-corrected chi connectivity index (χ1v) is 6.98. The van der Waals surface area contributed by atoms with Gasteiger partial charge in [-0.25, -0.2) is 4.79 Å². The summed E-state index contributed by atoms with van der Waals surface area (Å²) in [5.41, 5.74) is 0. The first-order valence-electron chi connectivity index (χ1n) is 6.98. The molecule has 3 N–H and O–H groups in total. The fourth-order valence-corrected chi connectivity index (χ4v) is 2.38. The van der Waals surface area contributed by atoms with Crippen molar-refractivity contribution in [1.82, 2.24) is 20.9 Å². The molecule has 3 amide bonds. The number of hydrogen-bond donors (Lipinski definition) is 3. The van der Waals surface area contributed by atoms with Crippen molar-refractivity contribution >= 4 is 11.9 Å². The highest BCUT2D eigenvalue weighted by atomic mass is 16.2. The van der Waals surface area contributed by atoms with Gasteiger partial charge in [0.2, 0.25) is 5.91 Å². The minimum absolute atomic E-state index is 0.252. The maximum Gasteiger partial charge on any atom is 0.321 e. The van der Waals surface area contributed by atoms with Crippen molar-refractivity contribution in [1.29, 1.82) is 0 Å². The Bertz CT molecular complexity index is 301. The van der Waals surface area contributed by atoms with E-state index >= 15 is 0 Å². The van der Waals surface area contributed by atoms with E-state index in [1.807, 2.05) is 0 Å². The van der Waals surface area contributed by atoms with E-state index in [-0.39, 0.29) is 12.5 Å². The third-order valence-corrected chi connectivity index (χ3v) is 3.11. The van der Waals surface area contributed by atoms with Crippen molar-refractivity contribution in [3.8, 4) is 0 Å². The number of amides is 3. The largest absolute Gasteiger partial charge is 0.341 e. The molecule has 1 aliphatic rings. The molecule has 0 aromatic heterocycles. The van der Waals surface area contributed by atoms with Crippen LogP contribution < -0.4 is 16.0 Å². The van der Waals surface area contributed by atoms with Gasteiger partial charge in [-0.05, 0) is 25.3 Å². The maximum atomic E-state index is 11.7. The lowest BCUT2D eigenvalue weighted by molar-refractivity contribution is -0.121. The van der Waals surface area contributed by atoms with E-state index in [1.54, 1.807) is 0 Å². The molecule has 6 nitrogen and oxygen atoms in total. The predicted octanol–water partition coefficient (Wildman–Crippen LogP) is 0.152. The van der Waals surface area contributed by atoms with Gasteiger partial charge in [-0.1, -0.05) is 13.8 Å². The summed E-state index contributed by atoms with van der Waals surface area (Å²) >= 11 is 0. The molecule has 0 aliphatic carbocycles. The zero-order chi connectivity index (χ0) is 14.3. The Morgan fingerprint density at radius 3 is 2.68 bits per heavy atom. The second-order valence-electron chi connectivity index (χ2n) is 5.51. The molecule has 1 rings (SSSR count). The summed E-state index contributed by atoms with van der Waals surface area (Å²) in [7, 11) is 1.50. The molecule has 0 spiro atoms. The molecule has 19 heavy (non-hydrogen) atoms. The molecule has 0 aromatic rings. The van der Waals surface area contributed by atoms with Crippen LogP contribution in [0.3, 0.4) is 0 Å². The van der Waals surface area contributed by atoms with Crippen LogP contribution in [0.15, 0.2) is 0 Å². The molecule has 1 heterocycles. The summed E-state index contributed by atoms with van der Waals surface area (Å²) in [6, 6.07) is 0.0139. The van der Waals surface area contributed by atoms with Crippen LogP contribution in [0.25, 0.3) is 0 Å². The zero-order valence-corrected chi connectivity index (χ0v) is 12.2. The Labute approximate surface area is 115 Å². The van der Waals surface area contributed by atoms with Crippen molar-refractivity contribution in [3.05, 3.63) is 0 Å². The average Bonchev–Trinajstić information content (AvgIpc) is 2.80. The van der Waals surface area contributed by atoms with Crippen LogP contribution in [-0.4, -0.2) is 56.1 Å². The number of hydrogen-bond acceptors (Lipinski definition) is 4. The van der Waals surface area contributed by atoms with Crippen molar-refractivity contribution in [2.45, 2.75) is 32.7 Å². The van der Waals surface area contributed by atoms with Crippen LogP contribution in [0.4, 0.5) is 4.79 Å². The highest BCUT2D eigenvalue weighted by Gasteiger charge is 2.20. The van der Waals surface area contributed by atoms with Crippen LogP contribution in [0, 0.1) is 5.92 Å². The number of imide groups is 1. The first-order chi connectivity index (χ1) is 9.01. The molecule has 1 saturated heterocycles. The van der Waals surface area contributed by atoms with Gasteiger partial charge in [0.1, 0.15) is 0 Å². The van der Waals surface area contributed by atoms with Gasteiger partial charge in [0.25, 0.3) is 0 Å². The summed E-state index contributed by atoms with van der Waals surface area (Å²) in [6.07, 6.45) is 2.36. The number of carbonyl (C=O) groups is 2. The highest BCUT2D eigenvalue weighted by Crippen LogP contribution is 2.08. The van der Waals surface area contributed by atoms with Crippen molar-refractivity contribution in [2.75, 3.05) is 33.2 Å². The van der Waals surface area contributed by atoms with Gasteiger partial charge in [0, 0.05) is 26.2 Å². The van der Waals surface area contributed by atoms with E-state index in [9.17, 15) is 9.59 Å². The van der Waals surface area contributed by atoms with Gasteiger partial charge in [0.05, 0.1) is 6.54 Å². The minimum Gasteiger partial charge on any atom is -0.341 e. The van der Waals surface area contributed by atoms with E-state index in [1.165, 1.54) is 13.5 Å². The number of carbonyl (C=O) groups excluding carboxylic acids is 2. The molecule has 0 bridgehead atoms. The normalized spacial score (nSPS) is 18.9. The van der Waals surface area contributed by atoms with Gasteiger partial charge in [-0.3, -0.25) is 15.0 Å². The van der Waals surface area contributed by atoms with Crippen LogP contribution in [0.2, 0.25) is 0 Å².